The van der Waals surface area contributed by atoms with Gasteiger partial charge >= 0.3 is 12.1 Å². The number of sulfonamides is 1. The lowest BCUT2D eigenvalue weighted by Crippen LogP contribution is -2.37. The van der Waals surface area contributed by atoms with Crippen molar-refractivity contribution in [2.24, 2.45) is 0 Å². The Morgan fingerprint density at radius 3 is 2.66 bits per heavy atom. The van der Waals surface area contributed by atoms with E-state index < -0.39 is 40.5 Å². The number of benzene rings is 1. The second-order valence-corrected chi connectivity index (χ2v) is 9.39. The first-order chi connectivity index (χ1) is 14.9. The Kier molecular flexibility index (Phi) is 7.03. The summed E-state index contributed by atoms with van der Waals surface area (Å²) in [6.45, 7) is -0.553. The van der Waals surface area contributed by atoms with Gasteiger partial charge in [-0.1, -0.05) is 0 Å². The van der Waals surface area contributed by atoms with E-state index in [1.807, 2.05) is 5.32 Å². The minimum Gasteiger partial charge on any atom is -0.394 e. The monoisotopic (exact) mass is 479 g/mol. The van der Waals surface area contributed by atoms with Gasteiger partial charge in [-0.2, -0.15) is 13.2 Å². The number of rotatable bonds is 8. The van der Waals surface area contributed by atoms with Crippen molar-refractivity contribution in [3.63, 3.8) is 0 Å². The van der Waals surface area contributed by atoms with Crippen LogP contribution in [-0.4, -0.2) is 66.9 Å². The van der Waals surface area contributed by atoms with Crippen molar-refractivity contribution < 1.29 is 41.3 Å². The van der Waals surface area contributed by atoms with Gasteiger partial charge in [-0.25, -0.2) is 8.42 Å². The number of aliphatic hydroxyl groups excluding tert-OH is 2. The molecule has 9 nitrogen and oxygen atoms in total. The number of anilines is 1. The summed E-state index contributed by atoms with van der Waals surface area (Å²) in [7, 11) is -3.53. The Morgan fingerprint density at radius 1 is 1.34 bits per heavy atom. The van der Waals surface area contributed by atoms with Gasteiger partial charge in [0.15, 0.2) is 0 Å². The normalized spacial score (nSPS) is 21.8. The Balaban J connectivity index is 1.86. The molecule has 1 aliphatic rings. The number of hydrogen-bond acceptors (Lipinski definition) is 6. The summed E-state index contributed by atoms with van der Waals surface area (Å²) in [6.07, 6.45) is -3.70. The largest absolute Gasteiger partial charge is 0.471 e. The molecule has 2 aromatic rings. The number of aryl methyl sites for hydroxylation is 1. The molecule has 0 saturated carbocycles. The third kappa shape index (κ3) is 5.71. The molecule has 3 atom stereocenters. The van der Waals surface area contributed by atoms with Gasteiger partial charge in [-0.15, -0.1) is 0 Å². The second kappa shape index (κ2) is 9.25. The van der Waals surface area contributed by atoms with Crippen LogP contribution in [0.3, 0.4) is 0 Å². The molecule has 4 N–H and O–H groups in total. The molecule has 1 saturated heterocycles. The summed E-state index contributed by atoms with van der Waals surface area (Å²) in [5, 5.41) is 21.9. The van der Waals surface area contributed by atoms with E-state index in [1.165, 1.54) is 0 Å². The minimum atomic E-state index is -4.95. The van der Waals surface area contributed by atoms with E-state index in [9.17, 15) is 36.6 Å². The number of aliphatic hydroxyl groups is 2. The molecule has 1 aromatic carbocycles. The molecule has 13 heteroatoms. The van der Waals surface area contributed by atoms with Crippen LogP contribution < -0.4 is 10.0 Å². The Labute approximate surface area is 182 Å². The number of alkyl halides is 3. The van der Waals surface area contributed by atoms with Gasteiger partial charge in [-0.05, 0) is 36.6 Å². The lowest BCUT2D eigenvalue weighted by molar-refractivity contribution is -0.173. The molecule has 32 heavy (non-hydrogen) atoms. The van der Waals surface area contributed by atoms with Crippen LogP contribution in [0.4, 0.5) is 18.9 Å². The maximum Gasteiger partial charge on any atom is 0.471 e. The van der Waals surface area contributed by atoms with E-state index in [0.717, 1.165) is 6.26 Å². The molecule has 3 rings (SSSR count). The maximum atomic E-state index is 12.3. The van der Waals surface area contributed by atoms with E-state index in [-0.39, 0.29) is 26.0 Å². The number of nitrogens with one attached hydrogen (secondary N) is 2. The van der Waals surface area contributed by atoms with Crippen LogP contribution in [0, 0.1) is 0 Å². The van der Waals surface area contributed by atoms with Gasteiger partial charge in [-0.3, -0.25) is 9.52 Å². The standard InChI is InChI=1S/C19H24F3N3O6S/c1-32(29,30)24-12-4-5-14-13(7-12)11(3-2-6-23-18(28)19(20,21)22)9-25(14)17-8-15(27)16(10-26)31-17/h4-5,7,9,15-17,24,26-27H,2-3,6,8,10H2,1H3,(H,23,28). The molecule has 0 bridgehead atoms. The number of carbonyl (C=O) groups excluding carboxylic acids is 1. The highest BCUT2D eigenvalue weighted by Gasteiger charge is 2.38. The molecule has 1 amide bonds. The van der Waals surface area contributed by atoms with Crippen LogP contribution in [0.2, 0.25) is 0 Å². The number of hydrogen-bond donors (Lipinski definition) is 4. The van der Waals surface area contributed by atoms with Crippen LogP contribution >= 0.6 is 0 Å². The highest BCUT2D eigenvalue weighted by Crippen LogP contribution is 2.35. The van der Waals surface area contributed by atoms with Crippen molar-refractivity contribution in [1.82, 2.24) is 9.88 Å². The fourth-order valence-corrected chi connectivity index (χ4v) is 4.23. The third-order valence-electron chi connectivity index (χ3n) is 5.08. The van der Waals surface area contributed by atoms with E-state index in [1.54, 1.807) is 29.0 Å². The maximum absolute atomic E-state index is 12.3. The number of halogens is 3. The second-order valence-electron chi connectivity index (χ2n) is 7.64. The number of nitrogens with zero attached hydrogens (tertiary/aromatic N) is 1. The number of ether oxygens (including phenoxy) is 1. The van der Waals surface area contributed by atoms with Gasteiger partial charge in [0.2, 0.25) is 10.0 Å². The first-order valence-electron chi connectivity index (χ1n) is 9.79. The number of carbonyl (C=O) groups is 1. The van der Waals surface area contributed by atoms with Crippen molar-refractivity contribution in [3.8, 4) is 0 Å². The average molecular weight is 479 g/mol. The molecule has 178 valence electrons. The Hall–Kier alpha value is -2.35. The lowest BCUT2D eigenvalue weighted by Gasteiger charge is -2.15. The van der Waals surface area contributed by atoms with Crippen LogP contribution in [0.15, 0.2) is 24.4 Å². The number of amides is 1. The topological polar surface area (TPSA) is 130 Å². The molecular formula is C19H24F3N3O6S. The fraction of sp³-hybridized carbons (Fsp3) is 0.526. The fourth-order valence-electron chi connectivity index (χ4n) is 3.67. The van der Waals surface area contributed by atoms with Crippen LogP contribution in [0.5, 0.6) is 0 Å². The summed E-state index contributed by atoms with van der Waals surface area (Å²) in [6, 6.07) is 4.83. The molecular weight excluding hydrogens is 455 g/mol. The number of fused-ring (bicyclic) bond motifs is 1. The van der Waals surface area contributed by atoms with Gasteiger partial charge in [0.05, 0.1) is 24.5 Å². The van der Waals surface area contributed by atoms with Crippen molar-refractivity contribution in [2.45, 2.75) is 43.9 Å². The van der Waals surface area contributed by atoms with E-state index in [4.69, 9.17) is 4.74 Å². The molecule has 2 heterocycles. The predicted octanol–water partition coefficient (Wildman–Crippen LogP) is 1.26. The van der Waals surface area contributed by atoms with Gasteiger partial charge in [0.25, 0.3) is 0 Å². The average Bonchev–Trinajstić information content (AvgIpc) is 3.23. The summed E-state index contributed by atoms with van der Waals surface area (Å²) in [4.78, 5) is 11.0. The van der Waals surface area contributed by atoms with Crippen LogP contribution in [0.25, 0.3) is 10.9 Å². The van der Waals surface area contributed by atoms with E-state index >= 15 is 0 Å². The highest BCUT2D eigenvalue weighted by molar-refractivity contribution is 7.92. The van der Waals surface area contributed by atoms with Gasteiger partial charge < -0.3 is 24.8 Å². The summed E-state index contributed by atoms with van der Waals surface area (Å²) >= 11 is 0. The molecule has 0 radical (unpaired) electrons. The zero-order valence-corrected chi connectivity index (χ0v) is 17.9. The highest BCUT2D eigenvalue weighted by atomic mass is 32.2. The molecule has 0 spiro atoms. The molecule has 3 unspecified atom stereocenters. The Morgan fingerprint density at radius 2 is 2.06 bits per heavy atom. The molecule has 0 aliphatic carbocycles. The van der Waals surface area contributed by atoms with Crippen molar-refractivity contribution in [3.05, 3.63) is 30.0 Å². The first-order valence-corrected chi connectivity index (χ1v) is 11.7. The van der Waals surface area contributed by atoms with Crippen molar-refractivity contribution in [2.75, 3.05) is 24.1 Å². The minimum absolute atomic E-state index is 0.197. The SMILES string of the molecule is CS(=O)(=O)Nc1ccc2c(c1)c(CCCNC(=O)C(F)(F)F)cn2C1CC(O)C(CO)O1. The van der Waals surface area contributed by atoms with Crippen LogP contribution in [0.1, 0.15) is 24.6 Å². The van der Waals surface area contributed by atoms with E-state index in [2.05, 4.69) is 4.72 Å². The number of aromatic nitrogens is 1. The zero-order chi connectivity index (χ0) is 23.7. The van der Waals surface area contributed by atoms with E-state index in [0.29, 0.717) is 28.6 Å². The van der Waals surface area contributed by atoms with Gasteiger partial charge in [0.1, 0.15) is 12.3 Å². The zero-order valence-electron chi connectivity index (χ0n) is 17.1. The predicted molar refractivity (Wildman–Crippen MR) is 109 cm³/mol. The van der Waals surface area contributed by atoms with Gasteiger partial charge in [0, 0.05) is 30.2 Å². The van der Waals surface area contributed by atoms with Crippen molar-refractivity contribution >= 4 is 32.5 Å². The van der Waals surface area contributed by atoms with Crippen molar-refractivity contribution in [1.29, 1.82) is 0 Å². The summed E-state index contributed by atoms with van der Waals surface area (Å²) in [5.74, 6) is -2.01. The molecule has 1 aliphatic heterocycles. The molecule has 1 aromatic heterocycles. The Bertz CT molecular complexity index is 1090. The third-order valence-corrected chi connectivity index (χ3v) is 5.69. The summed E-state index contributed by atoms with van der Waals surface area (Å²) < 4.78 is 70.0. The van der Waals surface area contributed by atoms with Crippen LogP contribution in [-0.2, 0) is 26.0 Å². The smallest absolute Gasteiger partial charge is 0.394 e. The first kappa shape index (κ1) is 24.3. The molecule has 1 fully saturated rings. The summed E-state index contributed by atoms with van der Waals surface area (Å²) in [5.41, 5.74) is 1.67. The lowest BCUT2D eigenvalue weighted by atomic mass is 10.1. The quantitative estimate of drug-likeness (QED) is 0.422.